The number of hydrogen-bond acceptors (Lipinski definition) is 2. The molecule has 0 aromatic heterocycles. The first-order valence-corrected chi connectivity index (χ1v) is 7.29. The Hall–Kier alpha value is -0.570. The predicted molar refractivity (Wildman–Crippen MR) is 65.1 cm³/mol. The largest absolute Gasteiger partial charge is 0.351 e. The summed E-state index contributed by atoms with van der Waals surface area (Å²) in [5, 5.41) is 3.28. The molecule has 17 heavy (non-hydrogen) atoms. The van der Waals surface area contributed by atoms with Crippen LogP contribution in [0.1, 0.15) is 44.9 Å². The van der Waals surface area contributed by atoms with Crippen molar-refractivity contribution in [2.24, 2.45) is 29.4 Å². The lowest BCUT2D eigenvalue weighted by Gasteiger charge is -2.23. The summed E-state index contributed by atoms with van der Waals surface area (Å²) in [6.45, 7) is 0. The molecule has 4 atom stereocenters. The van der Waals surface area contributed by atoms with E-state index >= 15 is 0 Å². The Morgan fingerprint density at radius 2 is 1.71 bits per heavy atom. The first-order chi connectivity index (χ1) is 8.19. The lowest BCUT2D eigenvalue weighted by Crippen LogP contribution is -2.53. The molecule has 0 spiro atoms. The molecule has 4 saturated carbocycles. The van der Waals surface area contributed by atoms with Crippen LogP contribution in [-0.4, -0.2) is 17.5 Å². The maximum absolute atomic E-state index is 12.2. The van der Waals surface area contributed by atoms with Crippen LogP contribution in [0.5, 0.6) is 0 Å². The van der Waals surface area contributed by atoms with Gasteiger partial charge in [-0.1, -0.05) is 12.8 Å². The van der Waals surface area contributed by atoms with Crippen LogP contribution in [0.25, 0.3) is 0 Å². The highest BCUT2D eigenvalue weighted by Crippen LogP contribution is 2.65. The molecule has 94 valence electrons. The summed E-state index contributed by atoms with van der Waals surface area (Å²) < 4.78 is 0. The van der Waals surface area contributed by atoms with Crippen molar-refractivity contribution in [2.75, 3.05) is 0 Å². The zero-order valence-corrected chi connectivity index (χ0v) is 10.3. The molecule has 0 heterocycles. The van der Waals surface area contributed by atoms with Crippen LogP contribution < -0.4 is 11.1 Å². The number of carbonyl (C=O) groups excluding carboxylic acids is 1. The van der Waals surface area contributed by atoms with E-state index in [1.807, 2.05) is 0 Å². The van der Waals surface area contributed by atoms with Crippen molar-refractivity contribution in [3.8, 4) is 0 Å². The molecule has 4 aliphatic rings. The first kappa shape index (κ1) is 10.4. The molecule has 4 unspecified atom stereocenters. The van der Waals surface area contributed by atoms with E-state index in [-0.39, 0.29) is 5.91 Å². The Morgan fingerprint density at radius 3 is 2.29 bits per heavy atom. The molecular formula is C14H22N2O. The first-order valence-electron chi connectivity index (χ1n) is 7.29. The van der Waals surface area contributed by atoms with Gasteiger partial charge in [-0.05, 0) is 55.8 Å². The van der Waals surface area contributed by atoms with E-state index in [1.54, 1.807) is 0 Å². The highest BCUT2D eigenvalue weighted by atomic mass is 16.2. The third-order valence-electron chi connectivity index (χ3n) is 5.98. The third-order valence-corrected chi connectivity index (χ3v) is 5.98. The van der Waals surface area contributed by atoms with Gasteiger partial charge in [0, 0.05) is 6.04 Å². The highest BCUT2D eigenvalue weighted by molar-refractivity contribution is 5.87. The molecule has 4 rings (SSSR count). The number of carbonyl (C=O) groups is 1. The third kappa shape index (κ3) is 1.35. The molecule has 3 heteroatoms. The summed E-state index contributed by atoms with van der Waals surface area (Å²) in [5.41, 5.74) is 5.67. The predicted octanol–water partition coefficient (Wildman–Crippen LogP) is 1.42. The van der Waals surface area contributed by atoms with Crippen molar-refractivity contribution in [1.29, 1.82) is 0 Å². The van der Waals surface area contributed by atoms with E-state index < -0.39 is 5.54 Å². The maximum Gasteiger partial charge on any atom is 0.240 e. The molecule has 4 fully saturated rings. The number of nitrogens with one attached hydrogen (secondary N) is 1. The van der Waals surface area contributed by atoms with E-state index in [0.29, 0.717) is 6.04 Å². The van der Waals surface area contributed by atoms with Gasteiger partial charge in [0.1, 0.15) is 0 Å². The minimum absolute atomic E-state index is 0.147. The van der Waals surface area contributed by atoms with E-state index in [2.05, 4.69) is 5.32 Å². The molecule has 0 aromatic carbocycles. The van der Waals surface area contributed by atoms with Crippen molar-refractivity contribution in [3.63, 3.8) is 0 Å². The summed E-state index contributed by atoms with van der Waals surface area (Å²) in [5.74, 6) is 3.64. The fraction of sp³-hybridized carbons (Fsp3) is 0.929. The summed E-state index contributed by atoms with van der Waals surface area (Å²) in [6.07, 6.45) is 8.26. The number of nitrogens with two attached hydrogens (primary N) is 1. The summed E-state index contributed by atoms with van der Waals surface area (Å²) in [7, 11) is 0. The second-order valence-electron chi connectivity index (χ2n) is 6.85. The molecule has 2 bridgehead atoms. The Balaban J connectivity index is 1.42. The molecule has 0 radical (unpaired) electrons. The van der Waals surface area contributed by atoms with Crippen molar-refractivity contribution < 1.29 is 4.79 Å². The quantitative estimate of drug-likeness (QED) is 0.759. The lowest BCUT2D eigenvalue weighted by molar-refractivity contribution is -0.126. The summed E-state index contributed by atoms with van der Waals surface area (Å²) >= 11 is 0. The monoisotopic (exact) mass is 234 g/mol. The average Bonchev–Trinajstić information content (AvgIpc) is 2.78. The van der Waals surface area contributed by atoms with E-state index in [0.717, 1.165) is 49.4 Å². The molecule has 0 saturated heterocycles. The summed E-state index contributed by atoms with van der Waals surface area (Å²) in [4.78, 5) is 12.2. The minimum Gasteiger partial charge on any atom is -0.351 e. The van der Waals surface area contributed by atoms with Gasteiger partial charge in [0.2, 0.25) is 5.91 Å². The fourth-order valence-electron chi connectivity index (χ4n) is 5.05. The van der Waals surface area contributed by atoms with Gasteiger partial charge < -0.3 is 11.1 Å². The minimum atomic E-state index is -0.532. The molecule has 0 aromatic rings. The number of fused-ring (bicyclic) bond motifs is 5. The van der Waals surface area contributed by atoms with Gasteiger partial charge in [-0.25, -0.2) is 0 Å². The van der Waals surface area contributed by atoms with Crippen LogP contribution in [0.4, 0.5) is 0 Å². The normalized spacial score (nSPS) is 49.1. The SMILES string of the molecule is NC1(C(=O)NC2C3C4CCC(C4)C23)CCCC1. The average molecular weight is 234 g/mol. The molecule has 3 N–H and O–H groups in total. The van der Waals surface area contributed by atoms with Gasteiger partial charge in [-0.2, -0.15) is 0 Å². The summed E-state index contributed by atoms with van der Waals surface area (Å²) in [6, 6.07) is 0.495. The van der Waals surface area contributed by atoms with Crippen LogP contribution in [0.3, 0.4) is 0 Å². The van der Waals surface area contributed by atoms with E-state index in [9.17, 15) is 4.79 Å². The van der Waals surface area contributed by atoms with Gasteiger partial charge in [-0.15, -0.1) is 0 Å². The molecule has 4 aliphatic carbocycles. The molecule has 1 amide bonds. The van der Waals surface area contributed by atoms with Crippen LogP contribution in [-0.2, 0) is 4.79 Å². The van der Waals surface area contributed by atoms with Gasteiger partial charge in [0.15, 0.2) is 0 Å². The van der Waals surface area contributed by atoms with Crippen molar-refractivity contribution in [3.05, 3.63) is 0 Å². The van der Waals surface area contributed by atoms with Gasteiger partial charge >= 0.3 is 0 Å². The number of rotatable bonds is 2. The maximum atomic E-state index is 12.2. The molecular weight excluding hydrogens is 212 g/mol. The van der Waals surface area contributed by atoms with Crippen LogP contribution in [0.15, 0.2) is 0 Å². The molecule has 0 aliphatic heterocycles. The van der Waals surface area contributed by atoms with Crippen LogP contribution in [0, 0.1) is 23.7 Å². The van der Waals surface area contributed by atoms with Gasteiger partial charge in [-0.3, -0.25) is 4.79 Å². The Labute approximate surface area is 103 Å². The highest BCUT2D eigenvalue weighted by Gasteiger charge is 2.65. The Bertz CT molecular complexity index is 345. The number of hydrogen-bond donors (Lipinski definition) is 2. The zero-order valence-electron chi connectivity index (χ0n) is 10.3. The van der Waals surface area contributed by atoms with Crippen molar-refractivity contribution in [2.45, 2.75) is 56.5 Å². The smallest absolute Gasteiger partial charge is 0.240 e. The number of amides is 1. The molecule has 3 nitrogen and oxygen atoms in total. The topological polar surface area (TPSA) is 55.1 Å². The standard InChI is InChI=1S/C14H22N2O/c15-14(5-1-2-6-14)13(17)16-12-10-8-3-4-9(7-8)11(10)12/h8-12H,1-7,15H2,(H,16,17). The second kappa shape index (κ2) is 3.25. The Kier molecular flexibility index (Phi) is 1.98. The second-order valence-corrected chi connectivity index (χ2v) is 6.85. The van der Waals surface area contributed by atoms with Crippen molar-refractivity contribution in [1.82, 2.24) is 5.32 Å². The van der Waals surface area contributed by atoms with E-state index in [4.69, 9.17) is 5.73 Å². The zero-order chi connectivity index (χ0) is 11.6. The van der Waals surface area contributed by atoms with E-state index in [1.165, 1.54) is 19.3 Å². The van der Waals surface area contributed by atoms with Gasteiger partial charge in [0.05, 0.1) is 5.54 Å². The fourth-order valence-corrected chi connectivity index (χ4v) is 5.05. The van der Waals surface area contributed by atoms with Crippen LogP contribution in [0.2, 0.25) is 0 Å². The lowest BCUT2D eigenvalue weighted by atomic mass is 9.97. The van der Waals surface area contributed by atoms with Gasteiger partial charge in [0.25, 0.3) is 0 Å². The Morgan fingerprint density at radius 1 is 1.12 bits per heavy atom. The van der Waals surface area contributed by atoms with Crippen molar-refractivity contribution >= 4 is 5.91 Å². The van der Waals surface area contributed by atoms with Crippen LogP contribution >= 0.6 is 0 Å².